The van der Waals surface area contributed by atoms with Crippen molar-refractivity contribution in [2.24, 2.45) is 5.92 Å². The number of aromatic hydroxyl groups is 2. The number of carboxylic acids is 2. The van der Waals surface area contributed by atoms with Gasteiger partial charge in [-0.25, -0.2) is 4.79 Å². The van der Waals surface area contributed by atoms with Crippen LogP contribution in [0.5, 0.6) is 23.0 Å². The van der Waals surface area contributed by atoms with E-state index in [1.807, 2.05) is 13.0 Å². The van der Waals surface area contributed by atoms with Gasteiger partial charge >= 0.3 is 35.5 Å². The van der Waals surface area contributed by atoms with Gasteiger partial charge in [0.1, 0.15) is 35.2 Å². The SMILES string of the molecule is CC(C)=CCC/C(C)=C/COc1ccc(C(=O)[O-])c(O)c1.CCCCC(CC)COc1ccc(C(=O)O)c(O)c1.[Na+]. The van der Waals surface area contributed by atoms with Crippen LogP contribution in [-0.2, 0) is 0 Å². The van der Waals surface area contributed by atoms with Crippen molar-refractivity contribution in [3.63, 3.8) is 0 Å². The Balaban J connectivity index is 0.000000765. The third-order valence-corrected chi connectivity index (χ3v) is 6.19. The predicted octanol–water partition coefficient (Wildman–Crippen LogP) is 3.52. The summed E-state index contributed by atoms with van der Waals surface area (Å²) < 4.78 is 11.1. The molecular weight excluding hydrogens is 535 g/mol. The molecule has 0 heterocycles. The quantitative estimate of drug-likeness (QED) is 0.216. The van der Waals surface area contributed by atoms with Gasteiger partial charge in [0.25, 0.3) is 0 Å². The second-order valence-corrected chi connectivity index (χ2v) is 9.86. The molecular formula is C32H43NaO8. The molecule has 0 aliphatic rings. The van der Waals surface area contributed by atoms with Gasteiger partial charge in [0, 0.05) is 17.7 Å². The summed E-state index contributed by atoms with van der Waals surface area (Å²) >= 11 is 0. The Kier molecular flexibility index (Phi) is 19.4. The third-order valence-electron chi connectivity index (χ3n) is 6.19. The van der Waals surface area contributed by atoms with Gasteiger partial charge in [-0.15, -0.1) is 0 Å². The summed E-state index contributed by atoms with van der Waals surface area (Å²) in [6, 6.07) is 8.34. The summed E-state index contributed by atoms with van der Waals surface area (Å²) in [5.41, 5.74) is 2.19. The standard InChI is InChI=1S/C17H22O4.C15H22O4.Na/c1-12(2)5-4-6-13(3)9-10-21-14-7-8-15(17(19)20)16(18)11-14;1-3-5-6-11(4-2)10-19-12-7-8-13(15(17)18)14(16)9-12;/h5,7-9,11,18H,4,6,10H2,1-3H3,(H,19,20);7-9,11,16H,3-6,10H2,1-2H3,(H,17,18);/q;;+1/p-1/b13-9+;;. The molecule has 0 radical (unpaired) electrons. The molecule has 3 N–H and O–H groups in total. The van der Waals surface area contributed by atoms with Crippen LogP contribution in [0.3, 0.4) is 0 Å². The van der Waals surface area contributed by atoms with Crippen LogP contribution in [0.25, 0.3) is 0 Å². The molecule has 0 bridgehead atoms. The maximum atomic E-state index is 10.8. The van der Waals surface area contributed by atoms with E-state index in [9.17, 15) is 24.9 Å². The van der Waals surface area contributed by atoms with E-state index < -0.39 is 11.9 Å². The Hall–Kier alpha value is -2.94. The van der Waals surface area contributed by atoms with E-state index in [1.165, 1.54) is 54.3 Å². The minimum atomic E-state index is -1.41. The smallest absolute Gasteiger partial charge is 0.545 e. The Labute approximate surface area is 266 Å². The summed E-state index contributed by atoms with van der Waals surface area (Å²) in [6.07, 6.45) is 10.7. The number of hydrogen-bond acceptors (Lipinski definition) is 7. The zero-order chi connectivity index (χ0) is 30.1. The number of benzene rings is 2. The Bertz CT molecular complexity index is 1150. The number of carbonyl (C=O) groups is 2. The summed E-state index contributed by atoms with van der Waals surface area (Å²) in [6.45, 7) is 11.5. The average molecular weight is 579 g/mol. The number of aromatic carboxylic acids is 2. The fourth-order valence-electron chi connectivity index (χ4n) is 3.64. The van der Waals surface area contributed by atoms with E-state index in [4.69, 9.17) is 14.6 Å². The first-order valence-electron chi connectivity index (χ1n) is 13.6. The van der Waals surface area contributed by atoms with Crippen LogP contribution in [0, 0.1) is 5.92 Å². The van der Waals surface area contributed by atoms with E-state index in [2.05, 4.69) is 33.8 Å². The molecule has 0 spiro atoms. The van der Waals surface area contributed by atoms with Gasteiger partial charge in [-0.1, -0.05) is 50.3 Å². The molecule has 1 atom stereocenters. The number of carbonyl (C=O) groups excluding carboxylic acids is 1. The maximum absolute atomic E-state index is 10.8. The molecule has 2 rings (SSSR count). The number of phenols is 2. The number of allylic oxidation sites excluding steroid dienone is 3. The molecule has 0 fully saturated rings. The van der Waals surface area contributed by atoms with Crippen LogP contribution < -0.4 is 44.1 Å². The van der Waals surface area contributed by atoms with Crippen LogP contribution in [0.15, 0.2) is 59.7 Å². The Morgan fingerprint density at radius 1 is 0.927 bits per heavy atom. The summed E-state index contributed by atoms with van der Waals surface area (Å²) in [4.78, 5) is 21.4. The van der Waals surface area contributed by atoms with E-state index in [-0.39, 0.29) is 52.2 Å². The largest absolute Gasteiger partial charge is 1.00 e. The monoisotopic (exact) mass is 578 g/mol. The number of rotatable bonds is 15. The minimum Gasteiger partial charge on any atom is -0.545 e. The third kappa shape index (κ3) is 15.6. The molecule has 2 aromatic carbocycles. The number of carboxylic acid groups (broad SMARTS) is 2. The van der Waals surface area contributed by atoms with E-state index >= 15 is 0 Å². The van der Waals surface area contributed by atoms with Crippen molar-refractivity contribution in [2.45, 2.75) is 73.1 Å². The minimum absolute atomic E-state index is 0. The van der Waals surface area contributed by atoms with Crippen molar-refractivity contribution in [1.29, 1.82) is 0 Å². The first-order valence-corrected chi connectivity index (χ1v) is 13.6. The molecule has 0 aromatic heterocycles. The van der Waals surface area contributed by atoms with Crippen LogP contribution >= 0.6 is 0 Å². The van der Waals surface area contributed by atoms with Gasteiger partial charge in [-0.2, -0.15) is 0 Å². The molecule has 41 heavy (non-hydrogen) atoms. The molecule has 9 heteroatoms. The number of hydrogen-bond donors (Lipinski definition) is 3. The molecule has 0 saturated heterocycles. The fourth-order valence-corrected chi connectivity index (χ4v) is 3.64. The molecule has 2 aromatic rings. The topological polar surface area (TPSA) is 136 Å². The molecule has 0 amide bonds. The van der Waals surface area contributed by atoms with Crippen molar-refractivity contribution < 1.29 is 69.0 Å². The van der Waals surface area contributed by atoms with Gasteiger partial charge in [-0.3, -0.25) is 0 Å². The van der Waals surface area contributed by atoms with Crippen molar-refractivity contribution in [3.8, 4) is 23.0 Å². The molecule has 1 unspecified atom stereocenters. The zero-order valence-corrected chi connectivity index (χ0v) is 27.2. The number of ether oxygens (including phenoxy) is 2. The Morgan fingerprint density at radius 2 is 1.51 bits per heavy atom. The van der Waals surface area contributed by atoms with Crippen LogP contribution in [0.4, 0.5) is 0 Å². The predicted molar refractivity (Wildman–Crippen MR) is 154 cm³/mol. The van der Waals surface area contributed by atoms with Crippen molar-refractivity contribution >= 4 is 11.9 Å². The van der Waals surface area contributed by atoms with Crippen molar-refractivity contribution in [1.82, 2.24) is 0 Å². The molecule has 220 valence electrons. The fraction of sp³-hybridized carbons (Fsp3) is 0.438. The van der Waals surface area contributed by atoms with Gasteiger partial charge in [0.15, 0.2) is 0 Å². The summed E-state index contributed by atoms with van der Waals surface area (Å²) in [7, 11) is 0. The molecule has 0 aliphatic heterocycles. The van der Waals surface area contributed by atoms with Crippen LogP contribution in [0.1, 0.15) is 93.9 Å². The van der Waals surface area contributed by atoms with Crippen LogP contribution in [-0.4, -0.2) is 40.5 Å². The van der Waals surface area contributed by atoms with Crippen LogP contribution in [0.2, 0.25) is 0 Å². The first-order chi connectivity index (χ1) is 19.0. The van der Waals surface area contributed by atoms with Gasteiger partial charge in [0.05, 0.1) is 12.6 Å². The molecule has 8 nitrogen and oxygen atoms in total. The van der Waals surface area contributed by atoms with Crippen molar-refractivity contribution in [3.05, 3.63) is 70.8 Å². The van der Waals surface area contributed by atoms with Gasteiger partial charge < -0.3 is 34.7 Å². The summed E-state index contributed by atoms with van der Waals surface area (Å²) in [5, 5.41) is 38.5. The second kappa shape index (κ2) is 20.9. The number of unbranched alkanes of at least 4 members (excludes halogenated alkanes) is 1. The molecule has 0 aliphatic carbocycles. The van der Waals surface area contributed by atoms with Gasteiger partial charge in [0.2, 0.25) is 0 Å². The zero-order valence-electron chi connectivity index (χ0n) is 25.2. The van der Waals surface area contributed by atoms with Gasteiger partial charge in [-0.05, 0) is 76.3 Å². The average Bonchev–Trinajstić information content (AvgIpc) is 2.88. The van der Waals surface area contributed by atoms with Crippen molar-refractivity contribution in [2.75, 3.05) is 13.2 Å². The molecule has 0 saturated carbocycles. The van der Waals surface area contributed by atoms with E-state index in [0.717, 1.165) is 25.7 Å². The van der Waals surface area contributed by atoms with E-state index in [1.54, 1.807) is 6.07 Å². The first kappa shape index (κ1) is 38.1. The Morgan fingerprint density at radius 3 is 2.00 bits per heavy atom. The maximum Gasteiger partial charge on any atom is 1.00 e. The second-order valence-electron chi connectivity index (χ2n) is 9.86. The normalized spacial score (nSPS) is 11.3. The summed E-state index contributed by atoms with van der Waals surface area (Å²) in [5.74, 6) is -1.72. The van der Waals surface area contributed by atoms with E-state index in [0.29, 0.717) is 30.6 Å².